The molecule has 1 atom stereocenters. The van der Waals surface area contributed by atoms with Gasteiger partial charge in [0.15, 0.2) is 0 Å². The Kier molecular flexibility index (Phi) is 2.38. The Morgan fingerprint density at radius 2 is 2.27 bits per heavy atom. The Morgan fingerprint density at radius 3 is 2.64 bits per heavy atom. The molecule has 0 radical (unpaired) electrons. The van der Waals surface area contributed by atoms with Crippen LogP contribution in [-0.2, 0) is 0 Å². The first kappa shape index (κ1) is 8.79. The van der Waals surface area contributed by atoms with Crippen molar-refractivity contribution in [3.63, 3.8) is 0 Å². The van der Waals surface area contributed by atoms with E-state index in [1.54, 1.807) is 0 Å². The van der Waals surface area contributed by atoms with Crippen molar-refractivity contribution in [2.24, 2.45) is 11.3 Å². The molecule has 0 amide bonds. The van der Waals surface area contributed by atoms with Gasteiger partial charge in [0.05, 0.1) is 0 Å². The van der Waals surface area contributed by atoms with Gasteiger partial charge in [0.25, 0.3) is 0 Å². The molecule has 0 aromatic carbocycles. The molecule has 0 aliphatic heterocycles. The Labute approximate surface area is 69.1 Å². The molecule has 1 fully saturated rings. The fourth-order valence-electron chi connectivity index (χ4n) is 1.98. The maximum absolute atomic E-state index is 8.82. The van der Waals surface area contributed by atoms with Gasteiger partial charge < -0.3 is 5.11 Å². The first-order valence-corrected chi connectivity index (χ1v) is 4.38. The Bertz CT molecular complexity index is 158. The molecule has 64 valence electrons. The predicted octanol–water partition coefficient (Wildman–Crippen LogP) is 2.36. The van der Waals surface area contributed by atoms with E-state index in [2.05, 4.69) is 20.4 Å². The van der Waals surface area contributed by atoms with E-state index in [1.165, 1.54) is 12.0 Å². The molecule has 1 heteroatoms. The third kappa shape index (κ3) is 1.48. The van der Waals surface area contributed by atoms with E-state index < -0.39 is 0 Å². The smallest absolute Gasteiger partial charge is 0.0433 e. The Hall–Kier alpha value is -0.300. The average Bonchev–Trinajstić information content (AvgIpc) is 2.16. The van der Waals surface area contributed by atoms with Gasteiger partial charge >= 0.3 is 0 Å². The fraction of sp³-hybridized carbons (Fsp3) is 0.800. The van der Waals surface area contributed by atoms with E-state index in [1.807, 2.05) is 0 Å². The topological polar surface area (TPSA) is 20.2 Å². The summed E-state index contributed by atoms with van der Waals surface area (Å²) in [6.07, 6.45) is 3.30. The minimum absolute atomic E-state index is 0.267. The predicted molar refractivity (Wildman–Crippen MR) is 47.3 cm³/mol. The second kappa shape index (κ2) is 2.98. The van der Waals surface area contributed by atoms with Crippen LogP contribution in [-0.4, -0.2) is 11.7 Å². The number of hydrogen-bond donors (Lipinski definition) is 1. The van der Waals surface area contributed by atoms with Crippen LogP contribution in [0, 0.1) is 11.3 Å². The van der Waals surface area contributed by atoms with E-state index in [9.17, 15) is 0 Å². The number of aliphatic hydroxyl groups excluding tert-OH is 1. The lowest BCUT2D eigenvalue weighted by atomic mass is 9.78. The highest BCUT2D eigenvalue weighted by atomic mass is 16.3. The van der Waals surface area contributed by atoms with E-state index in [-0.39, 0.29) is 5.41 Å². The zero-order valence-electron chi connectivity index (χ0n) is 7.56. The molecule has 0 aromatic heterocycles. The Balaban J connectivity index is 2.62. The summed E-state index contributed by atoms with van der Waals surface area (Å²) in [5.74, 6) is 0.653. The maximum Gasteiger partial charge on any atom is 0.0433 e. The highest BCUT2D eigenvalue weighted by molar-refractivity contribution is 5.14. The largest absolute Gasteiger partial charge is 0.396 e. The van der Waals surface area contributed by atoms with Crippen LogP contribution in [0.2, 0.25) is 0 Å². The standard InChI is InChI=1S/C10H18O/c1-8-4-5-9(6-7-11)10(8,2)3/h9,11H,1,4-7H2,2-3H3. The molecule has 1 nitrogen and oxygen atoms in total. The zero-order chi connectivity index (χ0) is 8.48. The lowest BCUT2D eigenvalue weighted by molar-refractivity contribution is 0.206. The van der Waals surface area contributed by atoms with E-state index in [0.29, 0.717) is 12.5 Å². The van der Waals surface area contributed by atoms with Crippen LogP contribution in [0.5, 0.6) is 0 Å². The molecule has 1 N–H and O–H groups in total. The summed E-state index contributed by atoms with van der Waals surface area (Å²) in [5.41, 5.74) is 1.62. The van der Waals surface area contributed by atoms with Crippen LogP contribution in [0.4, 0.5) is 0 Å². The molecule has 1 aliphatic carbocycles. The molecule has 1 unspecified atom stereocenters. The third-order valence-electron chi connectivity index (χ3n) is 3.20. The van der Waals surface area contributed by atoms with Gasteiger partial charge in [-0.3, -0.25) is 0 Å². The highest BCUT2D eigenvalue weighted by Gasteiger charge is 2.36. The summed E-state index contributed by atoms with van der Waals surface area (Å²) >= 11 is 0. The number of rotatable bonds is 2. The molecule has 1 rings (SSSR count). The van der Waals surface area contributed by atoms with Gasteiger partial charge in [-0.05, 0) is 30.6 Å². The SMILES string of the molecule is C=C1CCC(CCO)C1(C)C. The molecule has 0 saturated heterocycles. The van der Waals surface area contributed by atoms with Crippen LogP contribution < -0.4 is 0 Å². The molecule has 1 aliphatic rings. The van der Waals surface area contributed by atoms with Gasteiger partial charge in [-0.2, -0.15) is 0 Å². The molecule has 11 heavy (non-hydrogen) atoms. The quantitative estimate of drug-likeness (QED) is 0.605. The van der Waals surface area contributed by atoms with Crippen molar-refractivity contribution in [1.82, 2.24) is 0 Å². The molecular formula is C10H18O. The summed E-state index contributed by atoms with van der Waals surface area (Å²) in [4.78, 5) is 0. The first-order valence-electron chi connectivity index (χ1n) is 4.38. The van der Waals surface area contributed by atoms with E-state index in [0.717, 1.165) is 12.8 Å². The van der Waals surface area contributed by atoms with Gasteiger partial charge in [0.2, 0.25) is 0 Å². The van der Waals surface area contributed by atoms with Crippen molar-refractivity contribution < 1.29 is 5.11 Å². The molecule has 0 heterocycles. The van der Waals surface area contributed by atoms with E-state index in [4.69, 9.17) is 5.11 Å². The van der Waals surface area contributed by atoms with Gasteiger partial charge in [-0.25, -0.2) is 0 Å². The molecule has 0 spiro atoms. The molecule has 1 saturated carbocycles. The van der Waals surface area contributed by atoms with Crippen molar-refractivity contribution in [3.05, 3.63) is 12.2 Å². The summed E-state index contributed by atoms with van der Waals surface area (Å²) < 4.78 is 0. The third-order valence-corrected chi connectivity index (χ3v) is 3.20. The summed E-state index contributed by atoms with van der Waals surface area (Å²) in [5, 5.41) is 8.82. The Morgan fingerprint density at radius 1 is 1.64 bits per heavy atom. The minimum atomic E-state index is 0.267. The highest BCUT2D eigenvalue weighted by Crippen LogP contribution is 2.47. The van der Waals surface area contributed by atoms with Crippen molar-refractivity contribution >= 4 is 0 Å². The summed E-state index contributed by atoms with van der Waals surface area (Å²) in [6, 6.07) is 0. The van der Waals surface area contributed by atoms with Crippen molar-refractivity contribution in [2.75, 3.05) is 6.61 Å². The number of allylic oxidation sites excluding steroid dienone is 1. The number of aliphatic hydroxyl groups is 1. The number of hydrogen-bond acceptors (Lipinski definition) is 1. The van der Waals surface area contributed by atoms with Gasteiger partial charge in [-0.1, -0.05) is 26.0 Å². The minimum Gasteiger partial charge on any atom is -0.396 e. The van der Waals surface area contributed by atoms with Crippen LogP contribution in [0.1, 0.15) is 33.1 Å². The van der Waals surface area contributed by atoms with E-state index >= 15 is 0 Å². The second-order valence-electron chi connectivity index (χ2n) is 4.07. The maximum atomic E-state index is 8.82. The van der Waals surface area contributed by atoms with Gasteiger partial charge in [0.1, 0.15) is 0 Å². The van der Waals surface area contributed by atoms with Crippen LogP contribution >= 0.6 is 0 Å². The second-order valence-corrected chi connectivity index (χ2v) is 4.07. The van der Waals surface area contributed by atoms with Crippen LogP contribution in [0.25, 0.3) is 0 Å². The molecule has 0 aromatic rings. The molecular weight excluding hydrogens is 136 g/mol. The zero-order valence-corrected chi connectivity index (χ0v) is 7.56. The lowest BCUT2D eigenvalue weighted by Gasteiger charge is -2.27. The lowest BCUT2D eigenvalue weighted by Crippen LogP contribution is -2.19. The summed E-state index contributed by atoms with van der Waals surface area (Å²) in [7, 11) is 0. The van der Waals surface area contributed by atoms with Crippen LogP contribution in [0.3, 0.4) is 0 Å². The van der Waals surface area contributed by atoms with Gasteiger partial charge in [-0.15, -0.1) is 0 Å². The van der Waals surface area contributed by atoms with Gasteiger partial charge in [0, 0.05) is 6.61 Å². The first-order chi connectivity index (χ1) is 5.09. The fourth-order valence-corrected chi connectivity index (χ4v) is 1.98. The van der Waals surface area contributed by atoms with Crippen molar-refractivity contribution in [1.29, 1.82) is 0 Å². The summed E-state index contributed by atoms with van der Waals surface area (Å²) in [6.45, 7) is 8.86. The van der Waals surface area contributed by atoms with Crippen molar-refractivity contribution in [3.8, 4) is 0 Å². The average molecular weight is 154 g/mol. The monoisotopic (exact) mass is 154 g/mol. The normalized spacial score (nSPS) is 29.4. The molecule has 0 bridgehead atoms. The van der Waals surface area contributed by atoms with Crippen molar-refractivity contribution in [2.45, 2.75) is 33.1 Å². The van der Waals surface area contributed by atoms with Crippen LogP contribution in [0.15, 0.2) is 12.2 Å².